The van der Waals surface area contributed by atoms with Crippen molar-refractivity contribution >= 4 is 43.5 Å². The highest BCUT2D eigenvalue weighted by Crippen LogP contribution is 2.36. The lowest BCUT2D eigenvalue weighted by Crippen LogP contribution is -1.99. The molecule has 0 unspecified atom stereocenters. The van der Waals surface area contributed by atoms with Gasteiger partial charge in [0.15, 0.2) is 0 Å². The molecule has 0 saturated carbocycles. The van der Waals surface area contributed by atoms with Crippen LogP contribution in [-0.2, 0) is 6.61 Å². The maximum atomic E-state index is 13.4. The Morgan fingerprint density at radius 2 is 1.86 bits per heavy atom. The molecular formula is C23H16Br2FNO2. The number of ether oxygens (including phenoxy) is 2. The third kappa shape index (κ3) is 5.47. The molecule has 0 N–H and O–H groups in total. The van der Waals surface area contributed by atoms with Gasteiger partial charge in [-0.3, -0.25) is 0 Å². The Hall–Kier alpha value is -2.62. The van der Waals surface area contributed by atoms with Crippen LogP contribution in [-0.4, -0.2) is 7.11 Å². The van der Waals surface area contributed by atoms with Gasteiger partial charge in [0, 0.05) is 10.0 Å². The third-order valence-electron chi connectivity index (χ3n) is 4.13. The molecule has 3 rings (SSSR count). The molecule has 3 aromatic rings. The normalized spacial score (nSPS) is 11.1. The van der Waals surface area contributed by atoms with Gasteiger partial charge in [0.1, 0.15) is 23.9 Å². The number of rotatable bonds is 6. The van der Waals surface area contributed by atoms with Gasteiger partial charge in [-0.15, -0.1) is 0 Å². The van der Waals surface area contributed by atoms with Gasteiger partial charge in [0.2, 0.25) is 0 Å². The summed E-state index contributed by atoms with van der Waals surface area (Å²) in [6, 6.07) is 19.5. The molecule has 0 atom stereocenters. The highest BCUT2D eigenvalue weighted by molar-refractivity contribution is 9.11. The highest BCUT2D eigenvalue weighted by Gasteiger charge is 2.12. The molecule has 3 nitrogen and oxygen atoms in total. The number of halogens is 3. The van der Waals surface area contributed by atoms with Gasteiger partial charge in [-0.2, -0.15) is 5.26 Å². The highest BCUT2D eigenvalue weighted by atomic mass is 79.9. The van der Waals surface area contributed by atoms with Crippen molar-refractivity contribution in [1.29, 1.82) is 5.26 Å². The van der Waals surface area contributed by atoms with E-state index in [9.17, 15) is 9.65 Å². The van der Waals surface area contributed by atoms with Crippen LogP contribution in [0.3, 0.4) is 0 Å². The quantitative estimate of drug-likeness (QED) is 0.261. The molecule has 0 aliphatic carbocycles. The monoisotopic (exact) mass is 515 g/mol. The predicted molar refractivity (Wildman–Crippen MR) is 119 cm³/mol. The molecule has 0 aliphatic heterocycles. The standard InChI is InChI=1S/C23H16Br2FNO2/c1-28-21-7-5-16(6-8-21)18(13-27)10-17-11-19(24)12-22(25)23(17)29-14-15-3-2-4-20(26)9-15/h2-12H,14H2,1H3/b18-10+. The fourth-order valence-electron chi connectivity index (χ4n) is 2.73. The molecule has 0 fully saturated rings. The summed E-state index contributed by atoms with van der Waals surface area (Å²) in [5, 5.41) is 9.68. The second kappa shape index (κ2) is 9.73. The Labute approximate surface area is 185 Å². The first-order valence-electron chi connectivity index (χ1n) is 8.62. The second-order valence-electron chi connectivity index (χ2n) is 6.12. The van der Waals surface area contributed by atoms with E-state index in [1.165, 1.54) is 12.1 Å². The number of benzene rings is 3. The molecule has 0 spiro atoms. The summed E-state index contributed by atoms with van der Waals surface area (Å²) in [6.45, 7) is 0.198. The van der Waals surface area contributed by atoms with Crippen molar-refractivity contribution < 1.29 is 13.9 Å². The van der Waals surface area contributed by atoms with Crippen LogP contribution in [0.4, 0.5) is 4.39 Å². The molecular weight excluding hydrogens is 501 g/mol. The van der Waals surface area contributed by atoms with E-state index < -0.39 is 0 Å². The number of methoxy groups -OCH3 is 1. The maximum absolute atomic E-state index is 13.4. The van der Waals surface area contributed by atoms with Crippen molar-refractivity contribution in [1.82, 2.24) is 0 Å². The van der Waals surface area contributed by atoms with Crippen molar-refractivity contribution in [3.8, 4) is 17.6 Å². The molecule has 0 heterocycles. The summed E-state index contributed by atoms with van der Waals surface area (Å²) in [6.07, 6.45) is 1.76. The molecule has 6 heteroatoms. The van der Waals surface area contributed by atoms with Crippen LogP contribution in [0.1, 0.15) is 16.7 Å². The van der Waals surface area contributed by atoms with Gasteiger partial charge >= 0.3 is 0 Å². The maximum Gasteiger partial charge on any atom is 0.141 e. The second-order valence-corrected chi connectivity index (χ2v) is 7.89. The zero-order valence-electron chi connectivity index (χ0n) is 15.5. The lowest BCUT2D eigenvalue weighted by molar-refractivity contribution is 0.303. The van der Waals surface area contributed by atoms with E-state index in [4.69, 9.17) is 9.47 Å². The molecule has 0 radical (unpaired) electrons. The first-order valence-corrected chi connectivity index (χ1v) is 10.2. The smallest absolute Gasteiger partial charge is 0.141 e. The average Bonchev–Trinajstić information content (AvgIpc) is 2.71. The zero-order valence-corrected chi connectivity index (χ0v) is 18.6. The fraction of sp³-hybridized carbons (Fsp3) is 0.0870. The summed E-state index contributed by atoms with van der Waals surface area (Å²) in [4.78, 5) is 0. The summed E-state index contributed by atoms with van der Waals surface area (Å²) in [5.41, 5.74) is 2.68. The molecule has 29 heavy (non-hydrogen) atoms. The Bertz CT molecular complexity index is 1090. The van der Waals surface area contributed by atoms with E-state index in [-0.39, 0.29) is 12.4 Å². The van der Waals surface area contributed by atoms with Crippen molar-refractivity contribution in [2.24, 2.45) is 0 Å². The van der Waals surface area contributed by atoms with Gasteiger partial charge in [-0.1, -0.05) is 28.1 Å². The first-order chi connectivity index (χ1) is 14.0. The summed E-state index contributed by atoms with van der Waals surface area (Å²) in [5.74, 6) is 0.974. The Balaban J connectivity index is 1.96. The minimum Gasteiger partial charge on any atom is -0.497 e. The third-order valence-corrected chi connectivity index (χ3v) is 5.18. The first kappa shape index (κ1) is 21.1. The van der Waals surface area contributed by atoms with Gasteiger partial charge in [-0.05, 0) is 81.7 Å². The van der Waals surface area contributed by atoms with Gasteiger partial charge in [0.25, 0.3) is 0 Å². The van der Waals surface area contributed by atoms with Crippen LogP contribution in [0.5, 0.6) is 11.5 Å². The van der Waals surface area contributed by atoms with E-state index in [1.54, 1.807) is 37.5 Å². The summed E-state index contributed by atoms with van der Waals surface area (Å²) < 4.78 is 26.1. The van der Waals surface area contributed by atoms with E-state index in [2.05, 4.69) is 37.9 Å². The largest absolute Gasteiger partial charge is 0.497 e. The molecule has 0 amide bonds. The fourth-order valence-corrected chi connectivity index (χ4v) is 4.10. The Morgan fingerprint density at radius 1 is 1.10 bits per heavy atom. The number of allylic oxidation sites excluding steroid dienone is 1. The zero-order chi connectivity index (χ0) is 20.8. The average molecular weight is 517 g/mol. The SMILES string of the molecule is COc1ccc(/C(C#N)=C/c2cc(Br)cc(Br)c2OCc2cccc(F)c2)cc1. The van der Waals surface area contributed by atoms with Gasteiger partial charge in [-0.25, -0.2) is 4.39 Å². The van der Waals surface area contributed by atoms with Crippen LogP contribution in [0.2, 0.25) is 0 Å². The lowest BCUT2D eigenvalue weighted by atomic mass is 10.0. The van der Waals surface area contributed by atoms with Crippen LogP contribution in [0.15, 0.2) is 69.6 Å². The van der Waals surface area contributed by atoms with Crippen molar-refractivity contribution in [3.63, 3.8) is 0 Å². The topological polar surface area (TPSA) is 42.2 Å². The number of nitriles is 1. The molecule has 0 saturated heterocycles. The number of hydrogen-bond acceptors (Lipinski definition) is 3. The van der Waals surface area contributed by atoms with E-state index in [0.717, 1.165) is 25.8 Å². The van der Waals surface area contributed by atoms with Crippen molar-refractivity contribution in [2.75, 3.05) is 7.11 Å². The van der Waals surface area contributed by atoms with E-state index in [0.29, 0.717) is 16.9 Å². The van der Waals surface area contributed by atoms with Crippen LogP contribution >= 0.6 is 31.9 Å². The molecule has 3 aromatic carbocycles. The minimum atomic E-state index is -0.313. The van der Waals surface area contributed by atoms with E-state index >= 15 is 0 Å². The summed E-state index contributed by atoms with van der Waals surface area (Å²) in [7, 11) is 1.59. The Morgan fingerprint density at radius 3 is 2.52 bits per heavy atom. The lowest BCUT2D eigenvalue weighted by Gasteiger charge is -2.13. The molecule has 0 aliphatic rings. The number of nitrogens with zero attached hydrogens (tertiary/aromatic N) is 1. The van der Waals surface area contributed by atoms with Crippen LogP contribution < -0.4 is 9.47 Å². The van der Waals surface area contributed by atoms with Crippen molar-refractivity contribution in [3.05, 3.63) is 92.1 Å². The predicted octanol–water partition coefficient (Wildman–Crippen LogP) is 7.00. The summed E-state index contributed by atoms with van der Waals surface area (Å²) >= 11 is 6.99. The molecule has 0 aromatic heterocycles. The number of hydrogen-bond donors (Lipinski definition) is 0. The minimum absolute atomic E-state index is 0.198. The van der Waals surface area contributed by atoms with Crippen LogP contribution in [0, 0.1) is 17.1 Å². The van der Waals surface area contributed by atoms with Crippen molar-refractivity contribution in [2.45, 2.75) is 6.61 Å². The van der Waals surface area contributed by atoms with E-state index in [1.807, 2.05) is 24.3 Å². The van der Waals surface area contributed by atoms with Crippen LogP contribution in [0.25, 0.3) is 11.6 Å². The Kier molecular flexibility index (Phi) is 7.08. The van der Waals surface area contributed by atoms with Gasteiger partial charge in [0.05, 0.1) is 23.2 Å². The van der Waals surface area contributed by atoms with Gasteiger partial charge < -0.3 is 9.47 Å². The molecule has 146 valence electrons. The molecule has 0 bridgehead atoms.